The molecule has 1 rings (SSSR count). The summed E-state index contributed by atoms with van der Waals surface area (Å²) in [6, 6.07) is 8.13. The molecule has 2 N–H and O–H groups in total. The molecule has 0 amide bonds. The third-order valence-corrected chi connectivity index (χ3v) is 5.05. The summed E-state index contributed by atoms with van der Waals surface area (Å²) in [5, 5.41) is 3.16. The number of aryl methyl sites for hydroxylation is 1. The number of hydrogen-bond donors (Lipinski definition) is 2. The lowest BCUT2D eigenvalue weighted by molar-refractivity contribution is 0.414. The summed E-state index contributed by atoms with van der Waals surface area (Å²) < 4.78 is 34.6. The lowest BCUT2D eigenvalue weighted by Crippen LogP contribution is -2.19. The van der Waals surface area contributed by atoms with Crippen LogP contribution in [0.5, 0.6) is 5.75 Å². The lowest BCUT2D eigenvalue weighted by Gasteiger charge is -2.05. The van der Waals surface area contributed by atoms with Crippen molar-refractivity contribution in [2.45, 2.75) is 25.7 Å². The molecular weight excluding hydrogens is 310 g/mol. The molecule has 1 aromatic rings. The van der Waals surface area contributed by atoms with Gasteiger partial charge in [0.1, 0.15) is 5.75 Å². The van der Waals surface area contributed by atoms with Crippen LogP contribution >= 0.6 is 10.8 Å². The van der Waals surface area contributed by atoms with Gasteiger partial charge in [0.05, 0.1) is 7.11 Å². The minimum Gasteiger partial charge on any atom is -0.497 e. The predicted octanol–water partition coefficient (Wildman–Crippen LogP) is 2.53. The monoisotopic (exact) mass is 333 g/mol. The van der Waals surface area contributed by atoms with Crippen molar-refractivity contribution in [2.75, 3.05) is 26.0 Å². The standard InChI is InChI=1S/C14H23NO4S2/c1-19-14-8-6-13(7-9-14)5-3-2-4-10-15-11-12-20-21(16,17)18/h6-9,15H,2-5,10-12H2,1H3,(H,16,17,18). The molecule has 0 unspecified atom stereocenters. The summed E-state index contributed by atoms with van der Waals surface area (Å²) in [4.78, 5) is 0. The summed E-state index contributed by atoms with van der Waals surface area (Å²) in [6.07, 6.45) is 4.38. The third kappa shape index (κ3) is 9.73. The first-order valence-electron chi connectivity index (χ1n) is 6.97. The highest BCUT2D eigenvalue weighted by atomic mass is 33.1. The molecule has 0 aromatic heterocycles. The van der Waals surface area contributed by atoms with Crippen LogP contribution in [0, 0.1) is 0 Å². The molecule has 0 aliphatic carbocycles. The molecule has 1 aromatic carbocycles. The van der Waals surface area contributed by atoms with E-state index in [1.54, 1.807) is 7.11 Å². The van der Waals surface area contributed by atoms with Crippen molar-refractivity contribution in [3.05, 3.63) is 29.8 Å². The maximum absolute atomic E-state index is 10.5. The van der Waals surface area contributed by atoms with E-state index in [4.69, 9.17) is 9.29 Å². The van der Waals surface area contributed by atoms with Crippen LogP contribution < -0.4 is 10.1 Å². The topological polar surface area (TPSA) is 75.6 Å². The molecule has 7 heteroatoms. The van der Waals surface area contributed by atoms with E-state index in [0.717, 1.165) is 38.0 Å². The van der Waals surface area contributed by atoms with Gasteiger partial charge in [0.2, 0.25) is 0 Å². The zero-order chi connectivity index (χ0) is 15.6. The lowest BCUT2D eigenvalue weighted by atomic mass is 10.1. The van der Waals surface area contributed by atoms with Gasteiger partial charge in [-0.05, 0) is 54.3 Å². The van der Waals surface area contributed by atoms with Gasteiger partial charge in [-0.1, -0.05) is 18.6 Å². The second-order valence-corrected chi connectivity index (χ2v) is 8.13. The van der Waals surface area contributed by atoms with E-state index in [-0.39, 0.29) is 0 Å². The average Bonchev–Trinajstić information content (AvgIpc) is 2.45. The highest BCUT2D eigenvalue weighted by Crippen LogP contribution is 2.13. The Bertz CT molecular complexity index is 488. The summed E-state index contributed by atoms with van der Waals surface area (Å²) >= 11 is 0. The van der Waals surface area contributed by atoms with Crippen molar-refractivity contribution in [1.29, 1.82) is 0 Å². The fourth-order valence-electron chi connectivity index (χ4n) is 1.89. The zero-order valence-electron chi connectivity index (χ0n) is 12.2. The van der Waals surface area contributed by atoms with Crippen LogP contribution in [0.3, 0.4) is 0 Å². The Morgan fingerprint density at radius 3 is 2.48 bits per heavy atom. The van der Waals surface area contributed by atoms with Crippen molar-refractivity contribution in [2.24, 2.45) is 0 Å². The van der Waals surface area contributed by atoms with E-state index in [9.17, 15) is 8.42 Å². The van der Waals surface area contributed by atoms with Gasteiger partial charge in [-0.25, -0.2) is 0 Å². The zero-order valence-corrected chi connectivity index (χ0v) is 13.9. The maximum Gasteiger partial charge on any atom is 0.319 e. The smallest absolute Gasteiger partial charge is 0.319 e. The summed E-state index contributed by atoms with van der Waals surface area (Å²) in [7, 11) is -1.67. The Morgan fingerprint density at radius 1 is 1.14 bits per heavy atom. The van der Waals surface area contributed by atoms with E-state index in [1.165, 1.54) is 5.56 Å². The SMILES string of the molecule is COc1ccc(CCCCCNCCSS(=O)(=O)O)cc1. The maximum atomic E-state index is 10.5. The fourth-order valence-corrected chi connectivity index (χ4v) is 3.21. The van der Waals surface area contributed by atoms with E-state index in [0.29, 0.717) is 23.1 Å². The first kappa shape index (κ1) is 18.3. The number of hydrogen-bond acceptors (Lipinski definition) is 5. The Morgan fingerprint density at radius 2 is 1.86 bits per heavy atom. The fraction of sp³-hybridized carbons (Fsp3) is 0.571. The molecule has 0 saturated carbocycles. The Hall–Kier alpha value is -0.760. The first-order valence-corrected chi connectivity index (χ1v) is 9.91. The van der Waals surface area contributed by atoms with Crippen molar-refractivity contribution in [3.8, 4) is 5.75 Å². The molecule has 0 aliphatic heterocycles. The number of unbranched alkanes of at least 4 members (excludes halogenated alkanes) is 2. The van der Waals surface area contributed by atoms with Crippen molar-refractivity contribution >= 4 is 19.9 Å². The first-order chi connectivity index (χ1) is 10.0. The summed E-state index contributed by atoms with van der Waals surface area (Å²) in [6.45, 7) is 1.46. The minimum atomic E-state index is -3.89. The van der Waals surface area contributed by atoms with E-state index in [2.05, 4.69) is 17.4 Å². The summed E-state index contributed by atoms with van der Waals surface area (Å²) in [5.41, 5.74) is 1.31. The quantitative estimate of drug-likeness (QED) is 0.368. The van der Waals surface area contributed by atoms with Crippen LogP contribution in [0.1, 0.15) is 24.8 Å². The van der Waals surface area contributed by atoms with Gasteiger partial charge < -0.3 is 10.1 Å². The van der Waals surface area contributed by atoms with E-state index >= 15 is 0 Å². The number of methoxy groups -OCH3 is 1. The second-order valence-electron chi connectivity index (χ2n) is 4.66. The second kappa shape index (κ2) is 10.0. The summed E-state index contributed by atoms with van der Waals surface area (Å²) in [5.74, 6) is 1.25. The van der Waals surface area contributed by atoms with Crippen LogP contribution in [0.15, 0.2) is 24.3 Å². The highest BCUT2D eigenvalue weighted by molar-refractivity contribution is 8.69. The van der Waals surface area contributed by atoms with Gasteiger partial charge >= 0.3 is 9.15 Å². The van der Waals surface area contributed by atoms with Crippen LogP contribution in [-0.2, 0) is 15.6 Å². The van der Waals surface area contributed by atoms with Crippen molar-refractivity contribution < 1.29 is 17.7 Å². The predicted molar refractivity (Wildman–Crippen MR) is 87.4 cm³/mol. The molecule has 5 nitrogen and oxygen atoms in total. The normalized spacial score (nSPS) is 11.5. The van der Waals surface area contributed by atoms with Crippen molar-refractivity contribution in [3.63, 3.8) is 0 Å². The number of ether oxygens (including phenoxy) is 1. The van der Waals surface area contributed by atoms with E-state index < -0.39 is 9.15 Å². The molecule has 120 valence electrons. The number of rotatable bonds is 11. The molecule has 0 atom stereocenters. The number of benzene rings is 1. The molecule has 0 radical (unpaired) electrons. The van der Waals surface area contributed by atoms with Gasteiger partial charge in [-0.3, -0.25) is 4.55 Å². The highest BCUT2D eigenvalue weighted by Gasteiger charge is 2.03. The number of nitrogens with one attached hydrogen (secondary N) is 1. The van der Waals surface area contributed by atoms with Crippen LogP contribution in [0.4, 0.5) is 0 Å². The van der Waals surface area contributed by atoms with Crippen LogP contribution in [0.2, 0.25) is 0 Å². The van der Waals surface area contributed by atoms with Gasteiger partial charge in [-0.15, -0.1) is 0 Å². The van der Waals surface area contributed by atoms with Gasteiger partial charge in [0.15, 0.2) is 0 Å². The van der Waals surface area contributed by atoms with Crippen molar-refractivity contribution in [1.82, 2.24) is 5.32 Å². The molecule has 0 aliphatic rings. The Kier molecular flexibility index (Phi) is 8.75. The third-order valence-electron chi connectivity index (χ3n) is 2.99. The largest absolute Gasteiger partial charge is 0.497 e. The molecule has 0 bridgehead atoms. The molecular formula is C14H23NO4S2. The molecule has 0 saturated heterocycles. The average molecular weight is 333 g/mol. The molecule has 21 heavy (non-hydrogen) atoms. The minimum absolute atomic E-state index is 0.366. The van der Waals surface area contributed by atoms with Gasteiger partial charge in [0.25, 0.3) is 0 Å². The Balaban J connectivity index is 1.97. The van der Waals surface area contributed by atoms with E-state index in [1.807, 2.05) is 12.1 Å². The van der Waals surface area contributed by atoms with Crippen LogP contribution in [0.25, 0.3) is 0 Å². The Labute approximate surface area is 130 Å². The molecule has 0 fully saturated rings. The van der Waals surface area contributed by atoms with Gasteiger partial charge in [-0.2, -0.15) is 8.42 Å². The van der Waals surface area contributed by atoms with Crippen LogP contribution in [-0.4, -0.2) is 38.9 Å². The van der Waals surface area contributed by atoms with Gasteiger partial charge in [0, 0.05) is 12.3 Å². The molecule has 0 heterocycles. The molecule has 0 spiro atoms.